The molecule has 0 radical (unpaired) electrons. The average molecular weight is 405 g/mol. The lowest BCUT2D eigenvalue weighted by molar-refractivity contribution is 0.525. The normalized spacial score (nSPS) is 13.8. The highest BCUT2D eigenvalue weighted by molar-refractivity contribution is 5.87. The van der Waals surface area contributed by atoms with E-state index in [1.807, 2.05) is 30.3 Å². The largest absolute Gasteiger partial charge is 0.419 e. The number of fused-ring (bicyclic) bond motifs is 1. The molecule has 0 aliphatic heterocycles. The molecule has 0 spiro atoms. The molecule has 0 saturated heterocycles. The van der Waals surface area contributed by atoms with Gasteiger partial charge in [-0.3, -0.25) is 4.57 Å². The van der Waals surface area contributed by atoms with Gasteiger partial charge in [0, 0.05) is 18.2 Å². The van der Waals surface area contributed by atoms with Crippen LogP contribution < -0.4 is 5.76 Å². The Balaban J connectivity index is 1.45. The zero-order valence-corrected chi connectivity index (χ0v) is 16.6. The maximum Gasteiger partial charge on any atom is 0.419 e. The molecular formula is C25H21F2NO2. The van der Waals surface area contributed by atoms with Crippen LogP contribution in [0.5, 0.6) is 0 Å². The van der Waals surface area contributed by atoms with Crippen molar-refractivity contribution in [1.29, 1.82) is 0 Å². The fourth-order valence-corrected chi connectivity index (χ4v) is 4.13. The van der Waals surface area contributed by atoms with Crippen molar-refractivity contribution in [2.45, 2.75) is 31.6 Å². The molecule has 30 heavy (non-hydrogen) atoms. The topological polar surface area (TPSA) is 35.1 Å². The lowest BCUT2D eigenvalue weighted by Crippen LogP contribution is -2.08. The molecule has 1 aliphatic carbocycles. The summed E-state index contributed by atoms with van der Waals surface area (Å²) in [4.78, 5) is 12.0. The van der Waals surface area contributed by atoms with Crippen molar-refractivity contribution in [1.82, 2.24) is 4.57 Å². The number of hydrogen-bond acceptors (Lipinski definition) is 2. The molecule has 1 aliphatic rings. The minimum atomic E-state index is -0.502. The summed E-state index contributed by atoms with van der Waals surface area (Å²) in [5.74, 6) is -0.936. The third kappa shape index (κ3) is 3.24. The molecule has 0 unspecified atom stereocenters. The van der Waals surface area contributed by atoms with E-state index >= 15 is 0 Å². The highest BCUT2D eigenvalue weighted by Crippen LogP contribution is 2.47. The molecule has 0 amide bonds. The Kier molecular flexibility index (Phi) is 4.54. The van der Waals surface area contributed by atoms with Gasteiger partial charge in [0.15, 0.2) is 5.58 Å². The van der Waals surface area contributed by atoms with Gasteiger partial charge in [-0.15, -0.1) is 0 Å². The molecule has 0 N–H and O–H groups in total. The molecular weight excluding hydrogens is 384 g/mol. The second-order valence-corrected chi connectivity index (χ2v) is 7.97. The van der Waals surface area contributed by atoms with Crippen LogP contribution in [-0.4, -0.2) is 4.57 Å². The van der Waals surface area contributed by atoms with E-state index in [1.54, 1.807) is 7.05 Å². The number of rotatable bonds is 5. The minimum Gasteiger partial charge on any atom is -0.407 e. The van der Waals surface area contributed by atoms with E-state index in [4.69, 9.17) is 4.42 Å². The standard InChI is InChI=1S/C25H21F2NO2/c1-28-22-14-13-18(23(17-10-11-17)24(22)30-25(28)29)16-8-5-15(6-9-16)7-12-19-20(26)3-2-4-21(19)27/h2-6,8-9,13-14,17H,7,10-12H2,1H3. The summed E-state index contributed by atoms with van der Waals surface area (Å²) in [6.45, 7) is 0. The van der Waals surface area contributed by atoms with Crippen molar-refractivity contribution in [2.75, 3.05) is 0 Å². The number of hydrogen-bond donors (Lipinski definition) is 0. The van der Waals surface area contributed by atoms with Crippen molar-refractivity contribution in [3.05, 3.63) is 93.5 Å². The van der Waals surface area contributed by atoms with E-state index < -0.39 is 11.6 Å². The molecule has 3 nitrogen and oxygen atoms in total. The molecule has 1 aromatic heterocycles. The van der Waals surface area contributed by atoms with Gasteiger partial charge >= 0.3 is 5.76 Å². The van der Waals surface area contributed by atoms with Gasteiger partial charge in [0.05, 0.1) is 5.52 Å². The summed E-state index contributed by atoms with van der Waals surface area (Å²) in [5, 5.41) is 0. The van der Waals surface area contributed by atoms with E-state index in [0.29, 0.717) is 24.3 Å². The zero-order chi connectivity index (χ0) is 20.8. The number of halogens is 2. The van der Waals surface area contributed by atoms with Gasteiger partial charge in [-0.25, -0.2) is 13.6 Å². The number of oxazole rings is 1. The summed E-state index contributed by atoms with van der Waals surface area (Å²) < 4.78 is 34.8. The highest BCUT2D eigenvalue weighted by atomic mass is 19.1. The zero-order valence-electron chi connectivity index (χ0n) is 16.6. The molecule has 0 bridgehead atoms. The van der Waals surface area contributed by atoms with Crippen molar-refractivity contribution in [3.8, 4) is 11.1 Å². The van der Waals surface area contributed by atoms with Gasteiger partial charge < -0.3 is 4.42 Å². The Morgan fingerprint density at radius 1 is 0.967 bits per heavy atom. The van der Waals surface area contributed by atoms with Gasteiger partial charge in [-0.05, 0) is 66.5 Å². The molecule has 5 rings (SSSR count). The van der Waals surface area contributed by atoms with Crippen molar-refractivity contribution in [3.63, 3.8) is 0 Å². The van der Waals surface area contributed by atoms with Crippen LogP contribution in [0, 0.1) is 11.6 Å². The van der Waals surface area contributed by atoms with E-state index in [9.17, 15) is 13.6 Å². The van der Waals surface area contributed by atoms with Crippen LogP contribution in [0.25, 0.3) is 22.2 Å². The lowest BCUT2D eigenvalue weighted by Gasteiger charge is -2.11. The first-order valence-electron chi connectivity index (χ1n) is 10.2. The van der Waals surface area contributed by atoms with Gasteiger partial charge in [0.1, 0.15) is 11.6 Å². The monoisotopic (exact) mass is 405 g/mol. The van der Waals surface area contributed by atoms with Crippen LogP contribution >= 0.6 is 0 Å². The third-order valence-corrected chi connectivity index (χ3v) is 5.98. The molecule has 1 saturated carbocycles. The summed E-state index contributed by atoms with van der Waals surface area (Å²) >= 11 is 0. The van der Waals surface area contributed by atoms with Crippen LogP contribution in [0.15, 0.2) is 63.8 Å². The Hall–Kier alpha value is -3.21. The first kappa shape index (κ1) is 18.8. The van der Waals surface area contributed by atoms with Gasteiger partial charge in [-0.2, -0.15) is 0 Å². The highest BCUT2D eigenvalue weighted by Gasteiger charge is 2.30. The molecule has 152 valence electrons. The number of benzene rings is 3. The molecule has 3 aromatic carbocycles. The summed E-state index contributed by atoms with van der Waals surface area (Å²) in [6, 6.07) is 16.0. The van der Waals surface area contributed by atoms with Crippen molar-refractivity contribution >= 4 is 11.1 Å². The molecule has 1 fully saturated rings. The first-order chi connectivity index (χ1) is 14.5. The predicted octanol–water partition coefficient (Wildman–Crippen LogP) is 5.74. The smallest absolute Gasteiger partial charge is 0.407 e. The Bertz CT molecular complexity index is 1280. The molecule has 4 aromatic rings. The average Bonchev–Trinajstić information content (AvgIpc) is 3.54. The van der Waals surface area contributed by atoms with Crippen LogP contribution in [0.3, 0.4) is 0 Å². The number of nitrogens with zero attached hydrogens (tertiary/aromatic N) is 1. The lowest BCUT2D eigenvalue weighted by atomic mass is 9.94. The summed E-state index contributed by atoms with van der Waals surface area (Å²) in [5.41, 5.74) is 5.86. The SMILES string of the molecule is Cn1c(=O)oc2c(C3CC3)c(-c3ccc(CCc4c(F)cccc4F)cc3)ccc21. The summed E-state index contributed by atoms with van der Waals surface area (Å²) in [7, 11) is 1.72. The Morgan fingerprint density at radius 3 is 2.33 bits per heavy atom. The van der Waals surface area contributed by atoms with E-state index in [0.717, 1.165) is 40.6 Å². The van der Waals surface area contributed by atoms with Crippen LogP contribution in [0.2, 0.25) is 0 Å². The number of aryl methyl sites for hydroxylation is 2. The van der Waals surface area contributed by atoms with Crippen LogP contribution in [-0.2, 0) is 19.9 Å². The maximum absolute atomic E-state index is 13.8. The minimum absolute atomic E-state index is 0.127. The van der Waals surface area contributed by atoms with Crippen LogP contribution in [0.4, 0.5) is 8.78 Å². The number of aromatic nitrogens is 1. The Labute approximate surface area is 172 Å². The second kappa shape index (κ2) is 7.24. The Morgan fingerprint density at radius 2 is 1.67 bits per heavy atom. The molecule has 5 heteroatoms. The van der Waals surface area contributed by atoms with Gasteiger partial charge in [0.2, 0.25) is 0 Å². The molecule has 1 heterocycles. The van der Waals surface area contributed by atoms with Crippen LogP contribution in [0.1, 0.15) is 35.4 Å². The third-order valence-electron chi connectivity index (χ3n) is 5.98. The van der Waals surface area contributed by atoms with Crippen molar-refractivity contribution in [2.24, 2.45) is 7.05 Å². The fourth-order valence-electron chi connectivity index (χ4n) is 4.13. The second-order valence-electron chi connectivity index (χ2n) is 7.97. The van der Waals surface area contributed by atoms with E-state index in [1.165, 1.54) is 22.8 Å². The fraction of sp³-hybridized carbons (Fsp3) is 0.240. The first-order valence-corrected chi connectivity index (χ1v) is 10.2. The van der Waals surface area contributed by atoms with E-state index in [2.05, 4.69) is 6.07 Å². The molecule has 0 atom stereocenters. The maximum atomic E-state index is 13.8. The van der Waals surface area contributed by atoms with E-state index in [-0.39, 0.29) is 11.3 Å². The van der Waals surface area contributed by atoms with Crippen molar-refractivity contribution < 1.29 is 13.2 Å². The predicted molar refractivity (Wildman–Crippen MR) is 113 cm³/mol. The summed E-state index contributed by atoms with van der Waals surface area (Å²) in [6.07, 6.45) is 3.06. The van der Waals surface area contributed by atoms with Gasteiger partial charge in [0.25, 0.3) is 0 Å². The quantitative estimate of drug-likeness (QED) is 0.424. The van der Waals surface area contributed by atoms with Gasteiger partial charge in [-0.1, -0.05) is 36.4 Å².